The average Bonchev–Trinajstić information content (AvgIpc) is 2.86. The first-order valence-electron chi connectivity index (χ1n) is 8.77. The molecule has 0 spiro atoms. The lowest BCUT2D eigenvalue weighted by atomic mass is 10.1. The number of nitrogens with zero attached hydrogens (tertiary/aromatic N) is 2. The van der Waals surface area contributed by atoms with Gasteiger partial charge >= 0.3 is 11.9 Å². The molecule has 0 saturated heterocycles. The van der Waals surface area contributed by atoms with Gasteiger partial charge in [0, 0.05) is 17.3 Å². The predicted molar refractivity (Wildman–Crippen MR) is 102 cm³/mol. The van der Waals surface area contributed by atoms with Crippen molar-refractivity contribution in [3.8, 4) is 0 Å². The molecule has 148 valence electrons. The van der Waals surface area contributed by atoms with Crippen molar-refractivity contribution in [1.82, 2.24) is 9.97 Å². The molecule has 0 fully saturated rings. The lowest BCUT2D eigenvalue weighted by Crippen LogP contribution is -2.22. The number of esters is 2. The number of ether oxygens (including phenoxy) is 2. The summed E-state index contributed by atoms with van der Waals surface area (Å²) in [4.78, 5) is 45.1. The maximum atomic E-state index is 12.3. The lowest BCUT2D eigenvalue weighted by Gasteiger charge is -2.08. The van der Waals surface area contributed by atoms with Crippen LogP contribution in [0.2, 0.25) is 0 Å². The minimum atomic E-state index is -0.851. The third-order valence-electron chi connectivity index (χ3n) is 4.32. The molecule has 2 aromatic heterocycles. The molecule has 0 radical (unpaired) electrons. The number of amides is 1. The van der Waals surface area contributed by atoms with E-state index in [-0.39, 0.29) is 11.5 Å². The summed E-state index contributed by atoms with van der Waals surface area (Å²) in [5.74, 6) is -1.99. The minimum absolute atomic E-state index is 0.0807. The number of aryl methyl sites for hydroxylation is 1. The molecule has 0 unspecified atom stereocenters. The molecule has 2 aromatic rings. The Balaban J connectivity index is 1.71. The standard InChI is InChI=1S/C18H20N4O5S/c1-26-17(24)13-10-5-3-2-4-6-11(10)28-16(13)22-12(23)9-27-18(25)14-15(19)21-8-7-20-14/h7-8H,2-6,9H2,1H3,(H2,19,21)(H,22,23). The molecule has 0 atom stereocenters. The number of fused-ring (bicyclic) bond motifs is 1. The molecule has 3 N–H and O–H groups in total. The van der Waals surface area contributed by atoms with Crippen molar-refractivity contribution in [1.29, 1.82) is 0 Å². The summed E-state index contributed by atoms with van der Waals surface area (Å²) in [6, 6.07) is 0. The second-order valence-corrected chi connectivity index (χ2v) is 7.28. The third kappa shape index (κ3) is 4.28. The van der Waals surface area contributed by atoms with E-state index in [1.807, 2.05) is 0 Å². The van der Waals surface area contributed by atoms with E-state index >= 15 is 0 Å². The summed E-state index contributed by atoms with van der Waals surface area (Å²) < 4.78 is 9.84. The van der Waals surface area contributed by atoms with Gasteiger partial charge in [-0.05, 0) is 31.2 Å². The normalized spacial score (nSPS) is 13.2. The van der Waals surface area contributed by atoms with Crippen molar-refractivity contribution in [3.05, 3.63) is 34.1 Å². The quantitative estimate of drug-likeness (QED) is 0.571. The first-order chi connectivity index (χ1) is 13.5. The Morgan fingerprint density at radius 1 is 1.14 bits per heavy atom. The van der Waals surface area contributed by atoms with Gasteiger partial charge in [-0.2, -0.15) is 0 Å². The summed E-state index contributed by atoms with van der Waals surface area (Å²) in [6.45, 7) is -0.544. The van der Waals surface area contributed by atoms with Crippen LogP contribution < -0.4 is 11.1 Å². The number of nitrogens with one attached hydrogen (secondary N) is 1. The number of thiophene rings is 1. The molecule has 0 aromatic carbocycles. The van der Waals surface area contributed by atoms with Crippen LogP contribution in [0.4, 0.5) is 10.8 Å². The van der Waals surface area contributed by atoms with Gasteiger partial charge in [0.25, 0.3) is 5.91 Å². The Labute approximate surface area is 165 Å². The zero-order valence-corrected chi connectivity index (χ0v) is 16.1. The summed E-state index contributed by atoms with van der Waals surface area (Å²) >= 11 is 1.36. The van der Waals surface area contributed by atoms with E-state index in [2.05, 4.69) is 15.3 Å². The van der Waals surface area contributed by atoms with Crippen LogP contribution in [0.15, 0.2) is 12.4 Å². The maximum Gasteiger partial charge on any atom is 0.361 e. The lowest BCUT2D eigenvalue weighted by molar-refractivity contribution is -0.119. The second-order valence-electron chi connectivity index (χ2n) is 6.17. The Bertz CT molecular complexity index is 911. The van der Waals surface area contributed by atoms with E-state index in [0.717, 1.165) is 42.5 Å². The van der Waals surface area contributed by atoms with Crippen molar-refractivity contribution < 1.29 is 23.9 Å². The summed E-state index contributed by atoms with van der Waals surface area (Å²) in [7, 11) is 1.31. The van der Waals surface area contributed by atoms with Gasteiger partial charge in [0.05, 0.1) is 12.7 Å². The number of rotatable bonds is 5. The van der Waals surface area contributed by atoms with E-state index in [0.29, 0.717) is 10.6 Å². The Kier molecular flexibility index (Phi) is 6.19. The first kappa shape index (κ1) is 19.7. The topological polar surface area (TPSA) is 134 Å². The van der Waals surface area contributed by atoms with Crippen LogP contribution in [-0.4, -0.2) is 41.5 Å². The highest BCUT2D eigenvalue weighted by Crippen LogP contribution is 2.37. The summed E-state index contributed by atoms with van der Waals surface area (Å²) in [5, 5.41) is 3.07. The summed E-state index contributed by atoms with van der Waals surface area (Å²) in [5.41, 5.74) is 6.73. The molecule has 1 amide bonds. The fourth-order valence-electron chi connectivity index (χ4n) is 3.02. The highest BCUT2D eigenvalue weighted by molar-refractivity contribution is 7.17. The fraction of sp³-hybridized carbons (Fsp3) is 0.389. The monoisotopic (exact) mass is 404 g/mol. The van der Waals surface area contributed by atoms with Crippen LogP contribution in [0.25, 0.3) is 0 Å². The average molecular weight is 404 g/mol. The smallest absolute Gasteiger partial charge is 0.361 e. The van der Waals surface area contributed by atoms with Gasteiger partial charge in [0.15, 0.2) is 18.1 Å². The number of aromatic nitrogens is 2. The molecule has 1 aliphatic rings. The number of nitrogens with two attached hydrogens (primary N) is 1. The molecule has 2 heterocycles. The predicted octanol–water partition coefficient (Wildman–Crippen LogP) is 1.97. The number of hydrogen-bond donors (Lipinski definition) is 2. The van der Waals surface area contributed by atoms with Crippen LogP contribution in [0.5, 0.6) is 0 Å². The molecule has 10 heteroatoms. The van der Waals surface area contributed by atoms with Crippen LogP contribution in [0, 0.1) is 0 Å². The minimum Gasteiger partial charge on any atom is -0.465 e. The third-order valence-corrected chi connectivity index (χ3v) is 5.53. The molecule has 9 nitrogen and oxygen atoms in total. The van der Waals surface area contributed by atoms with Gasteiger partial charge in [-0.3, -0.25) is 4.79 Å². The van der Waals surface area contributed by atoms with E-state index < -0.39 is 24.5 Å². The zero-order valence-electron chi connectivity index (χ0n) is 15.3. The molecule has 0 saturated carbocycles. The number of carbonyl (C=O) groups excluding carboxylic acids is 3. The number of carbonyl (C=O) groups is 3. The second kappa shape index (κ2) is 8.79. The van der Waals surface area contributed by atoms with Gasteiger partial charge in [-0.15, -0.1) is 11.3 Å². The van der Waals surface area contributed by atoms with Gasteiger partial charge in [-0.1, -0.05) is 6.42 Å². The molecule has 1 aliphatic carbocycles. The zero-order chi connectivity index (χ0) is 20.1. The van der Waals surface area contributed by atoms with E-state index in [9.17, 15) is 14.4 Å². The fourth-order valence-corrected chi connectivity index (χ4v) is 4.31. The molecular formula is C18H20N4O5S. The number of hydrogen-bond acceptors (Lipinski definition) is 9. The maximum absolute atomic E-state index is 12.3. The molecule has 3 rings (SSSR count). The molecule has 0 aliphatic heterocycles. The van der Waals surface area contributed by atoms with Crippen LogP contribution in [0.3, 0.4) is 0 Å². The highest BCUT2D eigenvalue weighted by atomic mass is 32.1. The first-order valence-corrected chi connectivity index (χ1v) is 9.59. The van der Waals surface area contributed by atoms with Crippen LogP contribution in [-0.2, 0) is 27.1 Å². The van der Waals surface area contributed by atoms with E-state index in [1.54, 1.807) is 0 Å². The van der Waals surface area contributed by atoms with Crippen molar-refractivity contribution in [3.63, 3.8) is 0 Å². The van der Waals surface area contributed by atoms with Gasteiger partial charge in [0.1, 0.15) is 5.00 Å². The Hall–Kier alpha value is -3.01. The van der Waals surface area contributed by atoms with Crippen molar-refractivity contribution >= 4 is 40.0 Å². The summed E-state index contributed by atoms with van der Waals surface area (Å²) in [6.07, 6.45) is 7.40. The number of anilines is 2. The van der Waals surface area contributed by atoms with E-state index in [4.69, 9.17) is 15.2 Å². The molecule has 0 bridgehead atoms. The van der Waals surface area contributed by atoms with Gasteiger partial charge < -0.3 is 20.5 Å². The van der Waals surface area contributed by atoms with Gasteiger partial charge in [-0.25, -0.2) is 19.6 Å². The highest BCUT2D eigenvalue weighted by Gasteiger charge is 2.26. The van der Waals surface area contributed by atoms with Crippen LogP contribution in [0.1, 0.15) is 50.5 Å². The Morgan fingerprint density at radius 3 is 2.64 bits per heavy atom. The van der Waals surface area contributed by atoms with Crippen molar-refractivity contribution in [2.45, 2.75) is 32.1 Å². The molecule has 28 heavy (non-hydrogen) atoms. The number of methoxy groups -OCH3 is 1. The van der Waals surface area contributed by atoms with Gasteiger partial charge in [0.2, 0.25) is 0 Å². The van der Waals surface area contributed by atoms with Crippen molar-refractivity contribution in [2.24, 2.45) is 0 Å². The van der Waals surface area contributed by atoms with E-state index in [1.165, 1.54) is 30.8 Å². The largest absolute Gasteiger partial charge is 0.465 e. The Morgan fingerprint density at radius 2 is 1.89 bits per heavy atom. The molecular weight excluding hydrogens is 384 g/mol. The van der Waals surface area contributed by atoms with Crippen molar-refractivity contribution in [2.75, 3.05) is 24.8 Å². The number of nitrogen functional groups attached to an aromatic ring is 1. The SMILES string of the molecule is COC(=O)c1c(NC(=O)COC(=O)c2nccnc2N)sc2c1CCCCC2. The van der Waals surface area contributed by atoms with Crippen LogP contribution >= 0.6 is 11.3 Å².